The van der Waals surface area contributed by atoms with E-state index in [1.54, 1.807) is 13.3 Å². The van der Waals surface area contributed by atoms with Gasteiger partial charge in [-0.1, -0.05) is 48.0 Å². The second-order valence-corrected chi connectivity index (χ2v) is 9.39. The number of methoxy groups -OCH3 is 1. The Labute approximate surface area is 232 Å². The van der Waals surface area contributed by atoms with Crippen LogP contribution in [-0.4, -0.2) is 41.4 Å². The number of rotatable bonds is 10. The molecule has 2 N–H and O–H groups in total. The van der Waals surface area contributed by atoms with Crippen LogP contribution in [0.25, 0.3) is 0 Å². The molecule has 1 aromatic heterocycles. The molecule has 0 saturated carbocycles. The number of ether oxygens (including phenoxy) is 2. The summed E-state index contributed by atoms with van der Waals surface area (Å²) in [5, 5.41) is 8.29. The lowest BCUT2D eigenvalue weighted by atomic mass is 10.1. The summed E-state index contributed by atoms with van der Waals surface area (Å²) in [5.41, 5.74) is 5.57. The second kappa shape index (κ2) is 12.9. The maximum Gasteiger partial charge on any atom is 0.250 e. The number of anilines is 4. The van der Waals surface area contributed by atoms with Crippen molar-refractivity contribution >= 4 is 41.3 Å². The SMILES string of the molecule is COc1cc(/C=N\Nc2nc(Nc3ccccc3)nc(N3CCCCC3)n2)ccc1OCc1ccccc1Cl. The van der Waals surface area contributed by atoms with Crippen LogP contribution in [-0.2, 0) is 6.61 Å². The van der Waals surface area contributed by atoms with Gasteiger partial charge in [0, 0.05) is 29.4 Å². The molecule has 4 aromatic rings. The van der Waals surface area contributed by atoms with Crippen LogP contribution in [0.1, 0.15) is 30.4 Å². The fourth-order valence-corrected chi connectivity index (χ4v) is 4.37. The predicted octanol–water partition coefficient (Wildman–Crippen LogP) is 6.29. The first-order valence-electron chi connectivity index (χ1n) is 12.8. The van der Waals surface area contributed by atoms with E-state index in [1.807, 2.05) is 72.8 Å². The van der Waals surface area contributed by atoms with Crippen molar-refractivity contribution in [3.63, 3.8) is 0 Å². The van der Waals surface area contributed by atoms with E-state index in [0.29, 0.717) is 41.0 Å². The fourth-order valence-electron chi connectivity index (χ4n) is 4.18. The van der Waals surface area contributed by atoms with Gasteiger partial charge in [-0.2, -0.15) is 20.1 Å². The number of hydrazone groups is 1. The minimum atomic E-state index is 0.336. The van der Waals surface area contributed by atoms with Gasteiger partial charge in [-0.3, -0.25) is 0 Å². The van der Waals surface area contributed by atoms with E-state index in [1.165, 1.54) is 6.42 Å². The van der Waals surface area contributed by atoms with Crippen molar-refractivity contribution < 1.29 is 9.47 Å². The fraction of sp³-hybridized carbons (Fsp3) is 0.241. The molecule has 3 aromatic carbocycles. The van der Waals surface area contributed by atoms with Crippen LogP contribution >= 0.6 is 11.6 Å². The summed E-state index contributed by atoms with van der Waals surface area (Å²) in [6.07, 6.45) is 5.14. The van der Waals surface area contributed by atoms with Crippen LogP contribution in [0.3, 0.4) is 0 Å². The van der Waals surface area contributed by atoms with Gasteiger partial charge in [0.15, 0.2) is 11.5 Å². The Morgan fingerprint density at radius 1 is 0.897 bits per heavy atom. The van der Waals surface area contributed by atoms with E-state index in [9.17, 15) is 0 Å². The molecule has 2 heterocycles. The van der Waals surface area contributed by atoms with Crippen LogP contribution in [0.4, 0.5) is 23.5 Å². The van der Waals surface area contributed by atoms with Crippen LogP contribution in [0.2, 0.25) is 5.02 Å². The summed E-state index contributed by atoms with van der Waals surface area (Å²) in [4.78, 5) is 16.0. The largest absolute Gasteiger partial charge is 0.493 e. The lowest BCUT2D eigenvalue weighted by Gasteiger charge is -2.26. The van der Waals surface area contributed by atoms with Gasteiger partial charge in [0.1, 0.15) is 6.61 Å². The molecule has 1 aliphatic rings. The number of para-hydroxylation sites is 1. The van der Waals surface area contributed by atoms with Crippen LogP contribution in [0.5, 0.6) is 11.5 Å². The third-order valence-corrected chi connectivity index (χ3v) is 6.57. The highest BCUT2D eigenvalue weighted by Gasteiger charge is 2.16. The van der Waals surface area contributed by atoms with Crippen molar-refractivity contribution in [3.8, 4) is 11.5 Å². The molecular weight excluding hydrogens is 514 g/mol. The third-order valence-electron chi connectivity index (χ3n) is 6.20. The molecule has 0 unspecified atom stereocenters. The molecule has 200 valence electrons. The number of aromatic nitrogens is 3. The molecule has 10 heteroatoms. The molecule has 0 amide bonds. The average Bonchev–Trinajstić information content (AvgIpc) is 2.98. The van der Waals surface area contributed by atoms with E-state index >= 15 is 0 Å². The first kappa shape index (κ1) is 26.2. The maximum atomic E-state index is 6.24. The monoisotopic (exact) mass is 543 g/mol. The van der Waals surface area contributed by atoms with Crippen LogP contribution in [0, 0.1) is 0 Å². The second-order valence-electron chi connectivity index (χ2n) is 8.98. The number of hydrogen-bond acceptors (Lipinski definition) is 9. The lowest BCUT2D eigenvalue weighted by Crippen LogP contribution is -2.31. The van der Waals surface area contributed by atoms with Crippen molar-refractivity contribution in [2.24, 2.45) is 5.10 Å². The molecule has 1 fully saturated rings. The van der Waals surface area contributed by atoms with E-state index < -0.39 is 0 Å². The Hall–Kier alpha value is -4.37. The smallest absolute Gasteiger partial charge is 0.250 e. The first-order chi connectivity index (χ1) is 19.2. The summed E-state index contributed by atoms with van der Waals surface area (Å²) in [6, 6.07) is 23.0. The summed E-state index contributed by atoms with van der Waals surface area (Å²) in [6.45, 7) is 2.17. The minimum absolute atomic E-state index is 0.336. The van der Waals surface area contributed by atoms with Gasteiger partial charge >= 0.3 is 0 Å². The normalized spacial score (nSPS) is 13.3. The maximum absolute atomic E-state index is 6.24. The standard InChI is InChI=1S/C29H30ClN7O2/c1-38-26-18-21(14-15-25(26)39-20-22-10-6-7-13-24(22)30)19-31-36-28-33-27(32-23-11-4-2-5-12-23)34-29(35-28)37-16-8-3-9-17-37/h2,4-7,10-15,18-19H,3,8-9,16-17,20H2,1H3,(H2,32,33,34,35,36)/b31-19-. The van der Waals surface area contributed by atoms with Gasteiger partial charge in [-0.15, -0.1) is 0 Å². The summed E-state index contributed by atoms with van der Waals surface area (Å²) in [5.74, 6) is 2.64. The highest BCUT2D eigenvalue weighted by molar-refractivity contribution is 6.31. The quantitative estimate of drug-likeness (QED) is 0.178. The zero-order valence-electron chi connectivity index (χ0n) is 21.7. The van der Waals surface area contributed by atoms with E-state index in [-0.39, 0.29) is 0 Å². The lowest BCUT2D eigenvalue weighted by molar-refractivity contribution is 0.284. The third kappa shape index (κ3) is 7.14. The highest BCUT2D eigenvalue weighted by Crippen LogP contribution is 2.29. The molecule has 0 bridgehead atoms. The summed E-state index contributed by atoms with van der Waals surface area (Å²) >= 11 is 6.24. The molecule has 1 saturated heterocycles. The number of nitrogens with one attached hydrogen (secondary N) is 2. The Balaban J connectivity index is 1.29. The number of halogens is 1. The highest BCUT2D eigenvalue weighted by atomic mass is 35.5. The number of hydrogen-bond donors (Lipinski definition) is 2. The molecule has 0 atom stereocenters. The Morgan fingerprint density at radius 3 is 2.46 bits per heavy atom. The molecule has 1 aliphatic heterocycles. The first-order valence-corrected chi connectivity index (χ1v) is 13.2. The summed E-state index contributed by atoms with van der Waals surface area (Å²) in [7, 11) is 1.60. The number of piperidine rings is 1. The Kier molecular flexibility index (Phi) is 8.70. The van der Waals surface area contributed by atoms with Crippen molar-refractivity contribution in [1.29, 1.82) is 0 Å². The van der Waals surface area contributed by atoms with Crippen LogP contribution < -0.4 is 25.1 Å². The van der Waals surface area contributed by atoms with E-state index in [4.69, 9.17) is 21.1 Å². The number of nitrogens with zero attached hydrogens (tertiary/aromatic N) is 5. The van der Waals surface area contributed by atoms with Gasteiger partial charge in [-0.05, 0) is 61.2 Å². The zero-order valence-corrected chi connectivity index (χ0v) is 22.4. The van der Waals surface area contributed by atoms with Gasteiger partial charge in [0.25, 0.3) is 0 Å². The Bertz CT molecular complexity index is 1410. The van der Waals surface area contributed by atoms with Crippen LogP contribution in [0.15, 0.2) is 77.9 Å². The van der Waals surface area contributed by atoms with E-state index in [2.05, 4.69) is 35.7 Å². The van der Waals surface area contributed by atoms with Gasteiger partial charge in [0.2, 0.25) is 17.8 Å². The molecule has 9 nitrogen and oxygen atoms in total. The number of benzene rings is 3. The molecule has 39 heavy (non-hydrogen) atoms. The average molecular weight is 544 g/mol. The van der Waals surface area contributed by atoms with Crippen molar-refractivity contribution in [3.05, 3.63) is 88.9 Å². The van der Waals surface area contributed by atoms with E-state index in [0.717, 1.165) is 42.7 Å². The zero-order chi connectivity index (χ0) is 26.9. The van der Waals surface area contributed by atoms with Crippen molar-refractivity contribution in [2.75, 3.05) is 35.8 Å². The van der Waals surface area contributed by atoms with Crippen molar-refractivity contribution in [2.45, 2.75) is 25.9 Å². The van der Waals surface area contributed by atoms with Gasteiger partial charge < -0.3 is 19.7 Å². The molecule has 0 radical (unpaired) electrons. The Morgan fingerprint density at radius 2 is 1.67 bits per heavy atom. The molecule has 0 spiro atoms. The molecule has 5 rings (SSSR count). The van der Waals surface area contributed by atoms with Gasteiger partial charge in [-0.25, -0.2) is 5.43 Å². The van der Waals surface area contributed by atoms with Gasteiger partial charge in [0.05, 0.1) is 13.3 Å². The predicted molar refractivity (Wildman–Crippen MR) is 156 cm³/mol. The van der Waals surface area contributed by atoms with Crippen molar-refractivity contribution in [1.82, 2.24) is 15.0 Å². The topological polar surface area (TPSA) is 96.8 Å². The molecular formula is C29H30ClN7O2. The minimum Gasteiger partial charge on any atom is -0.493 e. The summed E-state index contributed by atoms with van der Waals surface area (Å²) < 4.78 is 11.5. The molecule has 0 aliphatic carbocycles.